The number of hydrogen-bond acceptors (Lipinski definition) is 6. The molecule has 0 bridgehead atoms. The Bertz CT molecular complexity index is 1020. The van der Waals surface area contributed by atoms with Crippen LogP contribution in [0.1, 0.15) is 21.5 Å². The van der Waals surface area contributed by atoms with Crippen molar-refractivity contribution < 1.29 is 24.2 Å². The van der Waals surface area contributed by atoms with E-state index < -0.39 is 5.97 Å². The van der Waals surface area contributed by atoms with Gasteiger partial charge in [-0.05, 0) is 36.3 Å². The number of aryl methyl sites for hydroxylation is 1. The highest BCUT2D eigenvalue weighted by Crippen LogP contribution is 2.39. The number of thiocarbonyl (C=S) groups is 1. The molecule has 1 fully saturated rings. The van der Waals surface area contributed by atoms with E-state index >= 15 is 0 Å². The normalized spacial score (nSPS) is 15.2. The number of amides is 1. The Morgan fingerprint density at radius 2 is 1.89 bits per heavy atom. The lowest BCUT2D eigenvalue weighted by Crippen LogP contribution is -2.28. The van der Waals surface area contributed by atoms with E-state index in [2.05, 4.69) is 0 Å². The minimum absolute atomic E-state index is 0.0805. The van der Waals surface area contributed by atoms with Gasteiger partial charge in [-0.25, -0.2) is 4.79 Å². The first-order valence-corrected chi connectivity index (χ1v) is 9.43. The third-order valence-corrected chi connectivity index (χ3v) is 5.53. The van der Waals surface area contributed by atoms with Crippen LogP contribution in [0.3, 0.4) is 0 Å². The topological polar surface area (TPSA) is 76.1 Å². The number of ether oxygens (including phenoxy) is 2. The average Bonchev–Trinajstić information content (AvgIpc) is 2.94. The van der Waals surface area contributed by atoms with Crippen LogP contribution in [0.15, 0.2) is 41.3 Å². The van der Waals surface area contributed by atoms with Gasteiger partial charge in [0.05, 0.1) is 24.8 Å². The average molecular weight is 415 g/mol. The molecule has 1 amide bonds. The zero-order valence-corrected chi connectivity index (χ0v) is 17.0. The summed E-state index contributed by atoms with van der Waals surface area (Å²) in [6, 6.07) is 10.6. The maximum Gasteiger partial charge on any atom is 0.340 e. The first kappa shape index (κ1) is 19.9. The number of hydrogen-bond donors (Lipinski definition) is 1. The van der Waals surface area contributed by atoms with Crippen LogP contribution in [0.2, 0.25) is 0 Å². The molecular weight excluding hydrogens is 398 g/mol. The molecule has 0 atom stereocenters. The number of methoxy groups -OCH3 is 2. The zero-order chi connectivity index (χ0) is 20.4. The van der Waals surface area contributed by atoms with Crippen molar-refractivity contribution in [1.29, 1.82) is 0 Å². The Kier molecular flexibility index (Phi) is 5.71. The number of thioether (sulfide) groups is 1. The van der Waals surface area contributed by atoms with Crippen molar-refractivity contribution in [2.45, 2.75) is 6.92 Å². The summed E-state index contributed by atoms with van der Waals surface area (Å²) in [5, 5.41) is 9.66. The van der Waals surface area contributed by atoms with Gasteiger partial charge in [-0.3, -0.25) is 9.69 Å². The number of carbonyl (C=O) groups is 2. The van der Waals surface area contributed by atoms with Crippen LogP contribution in [0.4, 0.5) is 5.69 Å². The summed E-state index contributed by atoms with van der Waals surface area (Å²) in [7, 11) is 2.79. The van der Waals surface area contributed by atoms with Crippen molar-refractivity contribution in [3.05, 3.63) is 58.0 Å². The molecule has 0 aliphatic carbocycles. The lowest BCUT2D eigenvalue weighted by molar-refractivity contribution is -0.113. The Hall–Kier alpha value is -2.84. The third-order valence-electron chi connectivity index (χ3n) is 4.23. The maximum absolute atomic E-state index is 13.0. The molecule has 0 saturated carbocycles. The molecule has 0 unspecified atom stereocenters. The van der Waals surface area contributed by atoms with Gasteiger partial charge in [-0.15, -0.1) is 0 Å². The molecule has 28 heavy (non-hydrogen) atoms. The molecular formula is C20H17NO5S2. The molecule has 0 radical (unpaired) electrons. The fourth-order valence-corrected chi connectivity index (χ4v) is 4.19. The molecule has 0 aromatic heterocycles. The zero-order valence-electron chi connectivity index (χ0n) is 15.4. The highest BCUT2D eigenvalue weighted by Gasteiger charge is 2.34. The molecule has 144 valence electrons. The molecule has 2 aromatic rings. The minimum atomic E-state index is -1.18. The summed E-state index contributed by atoms with van der Waals surface area (Å²) in [5.74, 6) is -1.09. The van der Waals surface area contributed by atoms with Crippen LogP contribution in [-0.4, -0.2) is 35.5 Å². The number of para-hydroxylation sites is 1. The number of aromatic carboxylic acids is 1. The van der Waals surface area contributed by atoms with Gasteiger partial charge in [0.15, 0.2) is 15.8 Å². The number of carbonyl (C=O) groups excluding carboxylic acids is 1. The van der Waals surface area contributed by atoms with Crippen LogP contribution >= 0.6 is 24.0 Å². The van der Waals surface area contributed by atoms with Crippen molar-refractivity contribution in [2.75, 3.05) is 19.1 Å². The second kappa shape index (κ2) is 8.04. The molecule has 8 heteroatoms. The van der Waals surface area contributed by atoms with Crippen LogP contribution < -0.4 is 14.4 Å². The number of carboxylic acids is 1. The summed E-state index contributed by atoms with van der Waals surface area (Å²) in [6.45, 7) is 1.90. The van der Waals surface area contributed by atoms with Crippen LogP contribution in [0, 0.1) is 6.92 Å². The molecule has 2 aromatic carbocycles. The van der Waals surface area contributed by atoms with Crippen LogP contribution in [0.5, 0.6) is 11.5 Å². The van der Waals surface area contributed by atoms with E-state index in [1.54, 1.807) is 12.1 Å². The van der Waals surface area contributed by atoms with E-state index in [9.17, 15) is 14.7 Å². The standard InChI is InChI=1S/C20H17NO5S2/c1-11-6-4-5-7-13(11)21-18(22)15(28-20(21)27)10-12-8-9-14(25-2)17(26-3)16(12)19(23)24/h4-10H,1-3H3,(H,23,24)/b15-10-. The van der Waals surface area contributed by atoms with Gasteiger partial charge in [0.1, 0.15) is 5.56 Å². The predicted molar refractivity (Wildman–Crippen MR) is 113 cm³/mol. The van der Waals surface area contributed by atoms with E-state index in [0.717, 1.165) is 17.3 Å². The van der Waals surface area contributed by atoms with Crippen molar-refractivity contribution in [1.82, 2.24) is 0 Å². The van der Waals surface area contributed by atoms with E-state index in [-0.39, 0.29) is 17.2 Å². The van der Waals surface area contributed by atoms with Gasteiger partial charge in [0.2, 0.25) is 0 Å². The van der Waals surface area contributed by atoms with E-state index in [0.29, 0.717) is 26.2 Å². The summed E-state index contributed by atoms with van der Waals surface area (Å²) >= 11 is 6.52. The number of nitrogens with zero attached hydrogens (tertiary/aromatic N) is 1. The first-order valence-electron chi connectivity index (χ1n) is 8.21. The molecule has 6 nitrogen and oxygen atoms in total. The number of rotatable bonds is 5. The lowest BCUT2D eigenvalue weighted by atomic mass is 10.0. The molecule has 1 aliphatic heterocycles. The van der Waals surface area contributed by atoms with Gasteiger partial charge in [0.25, 0.3) is 5.91 Å². The summed E-state index contributed by atoms with van der Waals surface area (Å²) in [5.41, 5.74) is 1.87. The second-order valence-corrected chi connectivity index (χ2v) is 7.55. The van der Waals surface area contributed by atoms with Gasteiger partial charge in [-0.1, -0.05) is 48.2 Å². The number of benzene rings is 2. The highest BCUT2D eigenvalue weighted by molar-refractivity contribution is 8.27. The number of anilines is 1. The largest absolute Gasteiger partial charge is 0.493 e. The molecule has 1 saturated heterocycles. The van der Waals surface area contributed by atoms with Crippen molar-refractivity contribution in [2.24, 2.45) is 0 Å². The molecule has 1 heterocycles. The Morgan fingerprint density at radius 3 is 2.50 bits per heavy atom. The monoisotopic (exact) mass is 415 g/mol. The molecule has 1 aliphatic rings. The predicted octanol–water partition coefficient (Wildman–Crippen LogP) is 4.12. The smallest absolute Gasteiger partial charge is 0.340 e. The van der Waals surface area contributed by atoms with Crippen molar-refractivity contribution in [3.8, 4) is 11.5 Å². The molecule has 1 N–H and O–H groups in total. The molecule has 0 spiro atoms. The van der Waals surface area contributed by atoms with Crippen LogP contribution in [0.25, 0.3) is 6.08 Å². The maximum atomic E-state index is 13.0. The van der Waals surface area contributed by atoms with Gasteiger partial charge in [0, 0.05) is 0 Å². The summed E-state index contributed by atoms with van der Waals surface area (Å²) < 4.78 is 10.8. The van der Waals surface area contributed by atoms with E-state index in [1.165, 1.54) is 25.2 Å². The van der Waals surface area contributed by atoms with Gasteiger partial charge >= 0.3 is 5.97 Å². The van der Waals surface area contributed by atoms with Gasteiger partial charge in [-0.2, -0.15) is 0 Å². The Labute approximate surface area is 171 Å². The quantitative estimate of drug-likeness (QED) is 0.582. The minimum Gasteiger partial charge on any atom is -0.493 e. The summed E-state index contributed by atoms with van der Waals surface area (Å²) in [6.07, 6.45) is 1.52. The second-order valence-electron chi connectivity index (χ2n) is 5.87. The van der Waals surface area contributed by atoms with E-state index in [4.69, 9.17) is 21.7 Å². The number of carboxylic acid groups (broad SMARTS) is 1. The summed E-state index contributed by atoms with van der Waals surface area (Å²) in [4.78, 5) is 26.6. The first-order chi connectivity index (χ1) is 13.4. The molecule has 3 rings (SSSR count). The SMILES string of the molecule is COc1ccc(/C=C2\SC(=S)N(c3ccccc3C)C2=O)c(C(=O)O)c1OC. The Balaban J connectivity index is 2.08. The fourth-order valence-electron chi connectivity index (χ4n) is 2.91. The van der Waals surface area contributed by atoms with Gasteiger partial charge < -0.3 is 14.6 Å². The van der Waals surface area contributed by atoms with Crippen molar-refractivity contribution in [3.63, 3.8) is 0 Å². The van der Waals surface area contributed by atoms with Crippen LogP contribution in [-0.2, 0) is 4.79 Å². The fraction of sp³-hybridized carbons (Fsp3) is 0.150. The Morgan fingerprint density at radius 1 is 1.18 bits per heavy atom. The van der Waals surface area contributed by atoms with E-state index in [1.807, 2.05) is 31.2 Å². The van der Waals surface area contributed by atoms with Crippen molar-refractivity contribution >= 4 is 51.9 Å². The highest BCUT2D eigenvalue weighted by atomic mass is 32.2. The third kappa shape index (κ3) is 3.48. The lowest BCUT2D eigenvalue weighted by Gasteiger charge is -2.16.